The summed E-state index contributed by atoms with van der Waals surface area (Å²) in [4.78, 5) is 0. The molecule has 1 radical (unpaired) electrons. The molecule has 1 atom stereocenters. The lowest BCUT2D eigenvalue weighted by molar-refractivity contribution is 0.140. The van der Waals surface area contributed by atoms with E-state index >= 15 is 0 Å². The van der Waals surface area contributed by atoms with Gasteiger partial charge in [-0.1, -0.05) is 44.3 Å². The monoisotopic (exact) mass is 247 g/mol. The van der Waals surface area contributed by atoms with Crippen LogP contribution in [0.4, 0.5) is 0 Å². The largest absolute Gasteiger partial charge is 0.487 e. The van der Waals surface area contributed by atoms with E-state index in [0.29, 0.717) is 0 Å². The Morgan fingerprint density at radius 1 is 1.29 bits per heavy atom. The molecule has 0 N–H and O–H groups in total. The Morgan fingerprint density at radius 2 is 2.00 bits per heavy atom. The summed E-state index contributed by atoms with van der Waals surface area (Å²) in [5.41, 5.74) is 1.33. The van der Waals surface area contributed by atoms with Crippen LogP contribution >= 0.6 is 8.46 Å². The van der Waals surface area contributed by atoms with Crippen molar-refractivity contribution in [3.8, 4) is 5.75 Å². The topological polar surface area (TPSA) is 9.23 Å². The molecule has 1 aliphatic rings. The van der Waals surface area contributed by atoms with Crippen molar-refractivity contribution in [2.45, 2.75) is 52.0 Å². The predicted octanol–water partition coefficient (Wildman–Crippen LogP) is 3.54. The average Bonchev–Trinajstić information content (AvgIpc) is 2.47. The highest BCUT2D eigenvalue weighted by atomic mass is 31.1. The molecular weight excluding hydrogens is 226 g/mol. The van der Waals surface area contributed by atoms with Crippen LogP contribution in [0, 0.1) is 0 Å². The number of benzene rings is 1. The molecule has 0 aliphatic carbocycles. The van der Waals surface area contributed by atoms with Gasteiger partial charge in [-0.2, -0.15) is 0 Å². The molecule has 17 heavy (non-hydrogen) atoms. The van der Waals surface area contributed by atoms with E-state index in [4.69, 9.17) is 4.74 Å². The van der Waals surface area contributed by atoms with Gasteiger partial charge in [0.15, 0.2) is 7.00 Å². The molecule has 0 spiro atoms. The molecule has 0 saturated carbocycles. The third kappa shape index (κ3) is 3.25. The zero-order valence-corrected chi connectivity index (χ0v) is 12.4. The van der Waals surface area contributed by atoms with Crippen LogP contribution in [0.3, 0.4) is 0 Å². The van der Waals surface area contributed by atoms with E-state index in [1.54, 1.807) is 0 Å². The van der Waals surface area contributed by atoms with Crippen molar-refractivity contribution >= 4 is 20.8 Å². The summed E-state index contributed by atoms with van der Waals surface area (Å²) >= 11 is 0. The summed E-state index contributed by atoms with van der Waals surface area (Å²) in [7, 11) is 0.724. The summed E-state index contributed by atoms with van der Waals surface area (Å²) in [6.45, 7) is 13.4. The molecule has 1 aromatic carbocycles. The Balaban J connectivity index is 2.19. The van der Waals surface area contributed by atoms with E-state index in [-0.39, 0.29) is 10.9 Å². The van der Waals surface area contributed by atoms with Crippen LogP contribution in [0.15, 0.2) is 18.2 Å². The number of ether oxygens (including phenoxy) is 1. The summed E-state index contributed by atoms with van der Waals surface area (Å²) in [6, 6.07) is 6.54. The molecule has 1 aliphatic heterocycles. The Labute approximate surface area is 107 Å². The molecule has 1 heterocycles. The first-order valence-corrected chi connectivity index (χ1v) is 7.26. The lowest BCUT2D eigenvalue weighted by atomic mass is 9.73. The Bertz CT molecular complexity index is 421. The summed E-state index contributed by atoms with van der Waals surface area (Å²) in [5.74, 6) is 1.14. The smallest absolute Gasteiger partial charge is 0.154 e. The number of fused-ring (bicyclic) bond motifs is 1. The molecule has 0 aromatic heterocycles. The van der Waals surface area contributed by atoms with Crippen LogP contribution < -0.4 is 10.0 Å². The quantitative estimate of drug-likeness (QED) is 0.573. The predicted molar refractivity (Wildman–Crippen MR) is 78.3 cm³/mol. The Morgan fingerprint density at radius 3 is 2.65 bits per heavy atom. The number of rotatable bonds is 2. The minimum Gasteiger partial charge on any atom is -0.487 e. The van der Waals surface area contributed by atoms with Gasteiger partial charge in [-0.05, 0) is 19.4 Å². The standard InChI is InChI=1S/C14H21BOP/c1-13(2,3)15-17-11-8-6-7-10-9-14(4,5)16-12(10)11/h6-8,17H,9H2,1-5H3. The second kappa shape index (κ2) is 4.32. The van der Waals surface area contributed by atoms with Crippen LogP contribution in [0.2, 0.25) is 5.31 Å². The Kier molecular flexibility index (Phi) is 3.29. The molecule has 1 aromatic rings. The molecule has 1 unspecified atom stereocenters. The van der Waals surface area contributed by atoms with Crippen molar-refractivity contribution in [1.29, 1.82) is 0 Å². The molecule has 1 nitrogen and oxygen atoms in total. The van der Waals surface area contributed by atoms with Crippen LogP contribution in [0.25, 0.3) is 0 Å². The van der Waals surface area contributed by atoms with Gasteiger partial charge in [0.05, 0.1) is 0 Å². The van der Waals surface area contributed by atoms with E-state index in [9.17, 15) is 0 Å². The van der Waals surface area contributed by atoms with Crippen molar-refractivity contribution in [3.63, 3.8) is 0 Å². The number of para-hydroxylation sites is 1. The van der Waals surface area contributed by atoms with Gasteiger partial charge in [-0.3, -0.25) is 0 Å². The van der Waals surface area contributed by atoms with Gasteiger partial charge in [0.1, 0.15) is 11.4 Å². The van der Waals surface area contributed by atoms with Gasteiger partial charge in [0, 0.05) is 11.7 Å². The molecule has 0 bridgehead atoms. The van der Waals surface area contributed by atoms with Crippen molar-refractivity contribution in [2.75, 3.05) is 0 Å². The zero-order chi connectivity index (χ0) is 12.7. The highest BCUT2D eigenvalue weighted by molar-refractivity contribution is 7.77. The fourth-order valence-electron chi connectivity index (χ4n) is 2.02. The first kappa shape index (κ1) is 13.0. The van der Waals surface area contributed by atoms with Crippen molar-refractivity contribution in [2.24, 2.45) is 0 Å². The number of hydrogen-bond donors (Lipinski definition) is 0. The summed E-state index contributed by atoms with van der Waals surface area (Å²) in [6.07, 6.45) is 1.02. The Hall–Kier alpha value is -0.485. The van der Waals surface area contributed by atoms with Gasteiger partial charge >= 0.3 is 0 Å². The summed E-state index contributed by atoms with van der Waals surface area (Å²) in [5, 5.41) is 1.62. The molecule has 2 rings (SSSR count). The van der Waals surface area contributed by atoms with Crippen molar-refractivity contribution < 1.29 is 4.74 Å². The van der Waals surface area contributed by atoms with E-state index in [1.165, 1.54) is 10.9 Å². The average molecular weight is 247 g/mol. The van der Waals surface area contributed by atoms with Gasteiger partial charge < -0.3 is 4.74 Å². The van der Waals surface area contributed by atoms with Gasteiger partial charge in [0.25, 0.3) is 0 Å². The van der Waals surface area contributed by atoms with Crippen LogP contribution in [-0.2, 0) is 6.42 Å². The molecule has 91 valence electrons. The van der Waals surface area contributed by atoms with Crippen molar-refractivity contribution in [1.82, 2.24) is 0 Å². The molecular formula is C14H21BOP. The third-order valence-corrected chi connectivity index (χ3v) is 4.47. The van der Waals surface area contributed by atoms with E-state index in [2.05, 4.69) is 59.8 Å². The first-order valence-electron chi connectivity index (χ1n) is 6.19. The fraction of sp³-hybridized carbons (Fsp3) is 0.571. The normalized spacial score (nSPS) is 18.2. The van der Waals surface area contributed by atoms with Crippen LogP contribution in [-0.4, -0.2) is 12.6 Å². The fourth-order valence-corrected chi connectivity index (χ4v) is 3.15. The molecule has 0 saturated heterocycles. The molecule has 0 fully saturated rings. The van der Waals surface area contributed by atoms with E-state index in [0.717, 1.165) is 20.6 Å². The third-order valence-electron chi connectivity index (χ3n) is 2.75. The lowest BCUT2D eigenvalue weighted by Crippen LogP contribution is -2.25. The van der Waals surface area contributed by atoms with Gasteiger partial charge in [0.2, 0.25) is 0 Å². The molecule has 3 heteroatoms. The maximum Gasteiger partial charge on any atom is 0.154 e. The number of hydrogen-bond acceptors (Lipinski definition) is 1. The van der Waals surface area contributed by atoms with Gasteiger partial charge in [-0.15, -0.1) is 8.46 Å². The highest BCUT2D eigenvalue weighted by Gasteiger charge is 2.31. The van der Waals surface area contributed by atoms with Gasteiger partial charge in [-0.25, -0.2) is 0 Å². The lowest BCUT2D eigenvalue weighted by Gasteiger charge is -2.20. The second-order valence-corrected chi connectivity index (χ2v) is 7.60. The van der Waals surface area contributed by atoms with E-state index < -0.39 is 0 Å². The van der Waals surface area contributed by atoms with Crippen molar-refractivity contribution in [3.05, 3.63) is 23.8 Å². The molecule has 0 amide bonds. The minimum absolute atomic E-state index is 0.0371. The van der Waals surface area contributed by atoms with Crippen LogP contribution in [0.5, 0.6) is 5.75 Å². The highest BCUT2D eigenvalue weighted by Crippen LogP contribution is 2.37. The SMILES string of the molecule is CC(C)(C)[B]Pc1cccc2c1OC(C)(C)C2. The zero-order valence-electron chi connectivity index (χ0n) is 11.4. The summed E-state index contributed by atoms with van der Waals surface area (Å²) < 4.78 is 6.08. The second-order valence-electron chi connectivity index (χ2n) is 6.49. The maximum atomic E-state index is 6.08. The van der Waals surface area contributed by atoms with Crippen LogP contribution in [0.1, 0.15) is 40.2 Å². The van der Waals surface area contributed by atoms with E-state index in [1.807, 2.05) is 0 Å². The minimum atomic E-state index is -0.0371. The first-order chi connectivity index (χ1) is 7.77. The maximum absolute atomic E-state index is 6.08.